The Morgan fingerprint density at radius 2 is 1.85 bits per heavy atom. The van der Waals surface area contributed by atoms with Crippen LogP contribution >= 0.6 is 0 Å². The number of nitrogens with zero attached hydrogens (tertiary/aromatic N) is 2. The van der Waals surface area contributed by atoms with E-state index in [0.717, 1.165) is 10.6 Å². The summed E-state index contributed by atoms with van der Waals surface area (Å²) < 4.78 is 29.6. The molecule has 2 rings (SSSR count). The van der Waals surface area contributed by atoms with Gasteiger partial charge in [0.05, 0.1) is 24.1 Å². The summed E-state index contributed by atoms with van der Waals surface area (Å²) in [6.45, 7) is 3.49. The summed E-state index contributed by atoms with van der Waals surface area (Å²) in [4.78, 5) is 27.8. The Morgan fingerprint density at radius 1 is 1.23 bits per heavy atom. The fourth-order valence-electron chi connectivity index (χ4n) is 2.24. The van der Waals surface area contributed by atoms with Gasteiger partial charge in [-0.2, -0.15) is 0 Å². The van der Waals surface area contributed by atoms with Gasteiger partial charge in [0.2, 0.25) is 10.0 Å². The van der Waals surface area contributed by atoms with Gasteiger partial charge in [-0.1, -0.05) is 0 Å². The van der Waals surface area contributed by atoms with Crippen molar-refractivity contribution >= 4 is 27.6 Å². The first kappa shape index (κ1) is 19.4. The van der Waals surface area contributed by atoms with Crippen LogP contribution in [0.25, 0.3) is 0 Å². The summed E-state index contributed by atoms with van der Waals surface area (Å²) in [7, 11) is -2.34. The molecule has 0 aliphatic rings. The molecule has 0 spiro atoms. The van der Waals surface area contributed by atoms with Gasteiger partial charge in [0.1, 0.15) is 11.5 Å². The van der Waals surface area contributed by atoms with Gasteiger partial charge in [-0.15, -0.1) is 0 Å². The molecule has 0 aliphatic heterocycles. The first-order chi connectivity index (χ1) is 12.0. The lowest BCUT2D eigenvalue weighted by Gasteiger charge is -2.18. The summed E-state index contributed by atoms with van der Waals surface area (Å²) in [5.41, 5.74) is 0.453. The van der Waals surface area contributed by atoms with E-state index in [1.807, 2.05) is 0 Å². The van der Waals surface area contributed by atoms with E-state index < -0.39 is 21.9 Å². The van der Waals surface area contributed by atoms with E-state index in [1.165, 1.54) is 25.2 Å². The van der Waals surface area contributed by atoms with Crippen molar-refractivity contribution in [2.75, 3.05) is 17.6 Å². The van der Waals surface area contributed by atoms with E-state index in [2.05, 4.69) is 10.3 Å². The van der Waals surface area contributed by atoms with Crippen molar-refractivity contribution in [1.82, 2.24) is 10.3 Å². The molecule has 0 radical (unpaired) electrons. The molecule has 2 aromatic rings. The molecular weight excluding hydrogens is 362 g/mol. The number of rotatable bonds is 6. The number of carboxylic acid groups (broad SMARTS) is 1. The van der Waals surface area contributed by atoms with Crippen LogP contribution < -0.4 is 9.62 Å². The number of aromatic nitrogens is 1. The molecular formula is C16H19N3O6S. The second-order valence-corrected chi connectivity index (χ2v) is 7.74. The Balaban J connectivity index is 2.32. The Hall–Kier alpha value is -2.88. The normalized spacial score (nSPS) is 11.2. The standard InChI is InChI=1S/C16H19N3O6S/c1-9-14(18-10(2)25-9)8-17-15(20)11-5-12(16(21)22)7-13(6-11)19(3)26(4,23)24/h5-7H,8H2,1-4H3,(H,17,20)(H,21,22). The SMILES string of the molecule is Cc1nc(CNC(=O)c2cc(C(=O)O)cc(N(C)S(C)(=O)=O)c2)c(C)o1. The Kier molecular flexibility index (Phi) is 5.36. The van der Waals surface area contributed by atoms with E-state index in [1.54, 1.807) is 13.8 Å². The zero-order valence-electron chi connectivity index (χ0n) is 14.7. The van der Waals surface area contributed by atoms with Gasteiger partial charge in [-0.3, -0.25) is 9.10 Å². The molecule has 1 aromatic carbocycles. The largest absolute Gasteiger partial charge is 0.478 e. The highest BCUT2D eigenvalue weighted by atomic mass is 32.2. The van der Waals surface area contributed by atoms with Crippen LogP contribution in [0.15, 0.2) is 22.6 Å². The van der Waals surface area contributed by atoms with E-state index >= 15 is 0 Å². The van der Waals surface area contributed by atoms with Crippen molar-refractivity contribution in [3.63, 3.8) is 0 Å². The Morgan fingerprint density at radius 3 is 2.35 bits per heavy atom. The number of carboxylic acids is 1. The van der Waals surface area contributed by atoms with E-state index in [9.17, 15) is 23.1 Å². The monoisotopic (exact) mass is 381 g/mol. The smallest absolute Gasteiger partial charge is 0.335 e. The highest BCUT2D eigenvalue weighted by Crippen LogP contribution is 2.21. The third-order valence-electron chi connectivity index (χ3n) is 3.70. The minimum absolute atomic E-state index is 0.0215. The van der Waals surface area contributed by atoms with E-state index in [4.69, 9.17) is 4.42 Å². The van der Waals surface area contributed by atoms with Crippen LogP contribution in [0, 0.1) is 13.8 Å². The highest BCUT2D eigenvalue weighted by Gasteiger charge is 2.18. The molecule has 10 heteroatoms. The number of benzene rings is 1. The van der Waals surface area contributed by atoms with Crippen molar-refractivity contribution in [2.45, 2.75) is 20.4 Å². The average molecular weight is 381 g/mol. The fourth-order valence-corrected chi connectivity index (χ4v) is 2.73. The van der Waals surface area contributed by atoms with E-state index in [0.29, 0.717) is 17.3 Å². The lowest BCUT2D eigenvalue weighted by Crippen LogP contribution is -2.27. The first-order valence-electron chi connectivity index (χ1n) is 7.52. The molecule has 0 saturated carbocycles. The minimum Gasteiger partial charge on any atom is -0.478 e. The molecule has 2 N–H and O–H groups in total. The molecule has 0 unspecified atom stereocenters. The number of aromatic carboxylic acids is 1. The number of hydrogen-bond donors (Lipinski definition) is 2. The molecule has 0 fully saturated rings. The molecule has 0 bridgehead atoms. The van der Waals surface area contributed by atoms with Crippen molar-refractivity contribution in [3.05, 3.63) is 46.7 Å². The summed E-state index contributed by atoms with van der Waals surface area (Å²) in [6.07, 6.45) is 0.982. The van der Waals surface area contributed by atoms with Gasteiger partial charge in [-0.25, -0.2) is 18.2 Å². The number of nitrogens with one attached hydrogen (secondary N) is 1. The molecule has 1 amide bonds. The van der Waals surface area contributed by atoms with Crippen LogP contribution in [0.1, 0.15) is 38.1 Å². The van der Waals surface area contributed by atoms with Gasteiger partial charge >= 0.3 is 5.97 Å². The summed E-state index contributed by atoms with van der Waals surface area (Å²) in [5.74, 6) is -0.793. The van der Waals surface area contributed by atoms with Gasteiger partial charge in [0.15, 0.2) is 5.89 Å². The molecule has 0 atom stereocenters. The topological polar surface area (TPSA) is 130 Å². The van der Waals surface area contributed by atoms with Crippen LogP contribution in [-0.2, 0) is 16.6 Å². The second kappa shape index (κ2) is 7.16. The third-order valence-corrected chi connectivity index (χ3v) is 4.91. The molecule has 1 heterocycles. The van der Waals surface area contributed by atoms with Crippen molar-refractivity contribution in [2.24, 2.45) is 0 Å². The number of carbonyl (C=O) groups excluding carboxylic acids is 1. The Bertz CT molecular complexity index is 964. The summed E-state index contributed by atoms with van der Waals surface area (Å²) in [5, 5.41) is 11.8. The zero-order chi connectivity index (χ0) is 19.6. The maximum absolute atomic E-state index is 12.4. The molecule has 140 valence electrons. The van der Waals surface area contributed by atoms with Crippen LogP contribution in [0.3, 0.4) is 0 Å². The van der Waals surface area contributed by atoms with E-state index in [-0.39, 0.29) is 23.4 Å². The molecule has 0 saturated heterocycles. The predicted molar refractivity (Wildman–Crippen MR) is 93.8 cm³/mol. The van der Waals surface area contributed by atoms with Crippen molar-refractivity contribution in [3.8, 4) is 0 Å². The number of oxazole rings is 1. The second-order valence-electron chi connectivity index (χ2n) is 5.72. The predicted octanol–water partition coefficient (Wildman–Crippen LogP) is 1.32. The average Bonchev–Trinajstić information content (AvgIpc) is 2.88. The maximum Gasteiger partial charge on any atom is 0.335 e. The lowest BCUT2D eigenvalue weighted by molar-refractivity contribution is 0.0697. The number of anilines is 1. The summed E-state index contributed by atoms with van der Waals surface area (Å²) in [6, 6.07) is 3.67. The zero-order valence-corrected chi connectivity index (χ0v) is 15.5. The first-order valence-corrected chi connectivity index (χ1v) is 9.37. The fraction of sp³-hybridized carbons (Fsp3) is 0.312. The van der Waals surface area contributed by atoms with Crippen molar-refractivity contribution in [1.29, 1.82) is 0 Å². The summed E-state index contributed by atoms with van der Waals surface area (Å²) >= 11 is 0. The van der Waals surface area contributed by atoms with Crippen LogP contribution in [0.5, 0.6) is 0 Å². The number of hydrogen-bond acceptors (Lipinski definition) is 6. The minimum atomic E-state index is -3.61. The lowest BCUT2D eigenvalue weighted by atomic mass is 10.1. The van der Waals surface area contributed by atoms with Gasteiger partial charge in [-0.05, 0) is 25.1 Å². The van der Waals surface area contributed by atoms with Gasteiger partial charge < -0.3 is 14.8 Å². The van der Waals surface area contributed by atoms with Crippen LogP contribution in [0.2, 0.25) is 0 Å². The third kappa shape index (κ3) is 4.39. The highest BCUT2D eigenvalue weighted by molar-refractivity contribution is 7.92. The molecule has 0 aliphatic carbocycles. The number of amides is 1. The van der Waals surface area contributed by atoms with Crippen molar-refractivity contribution < 1.29 is 27.5 Å². The molecule has 26 heavy (non-hydrogen) atoms. The van der Waals surface area contributed by atoms with Crippen LogP contribution in [-0.4, -0.2) is 43.7 Å². The number of carbonyl (C=O) groups is 2. The number of sulfonamides is 1. The Labute approximate surface area is 150 Å². The quantitative estimate of drug-likeness (QED) is 0.771. The van der Waals surface area contributed by atoms with Gasteiger partial charge in [0, 0.05) is 19.5 Å². The number of aryl methyl sites for hydroxylation is 2. The maximum atomic E-state index is 12.4. The van der Waals surface area contributed by atoms with Crippen LogP contribution in [0.4, 0.5) is 5.69 Å². The molecule has 1 aromatic heterocycles. The molecule has 9 nitrogen and oxygen atoms in total. The van der Waals surface area contributed by atoms with Gasteiger partial charge in [0.25, 0.3) is 5.91 Å².